The fourth-order valence-corrected chi connectivity index (χ4v) is 3.27. The smallest absolute Gasteiger partial charge is 0.233 e. The van der Waals surface area contributed by atoms with Crippen LogP contribution in [0.5, 0.6) is 0 Å². The second kappa shape index (κ2) is 8.57. The van der Waals surface area contributed by atoms with Crippen LogP contribution in [0.4, 0.5) is 5.69 Å². The summed E-state index contributed by atoms with van der Waals surface area (Å²) < 4.78 is 26.3. The van der Waals surface area contributed by atoms with E-state index in [2.05, 4.69) is 15.0 Å². The molecule has 27 heavy (non-hydrogen) atoms. The molecule has 2 N–H and O–H groups in total. The molecule has 7 heteroatoms. The van der Waals surface area contributed by atoms with Crippen LogP contribution in [-0.4, -0.2) is 25.9 Å². The molecule has 0 unspecified atom stereocenters. The zero-order chi connectivity index (χ0) is 19.1. The van der Waals surface area contributed by atoms with Crippen molar-refractivity contribution in [1.29, 1.82) is 0 Å². The molecule has 0 aliphatic carbocycles. The van der Waals surface area contributed by atoms with Crippen LogP contribution >= 0.6 is 0 Å². The third-order valence-corrected chi connectivity index (χ3v) is 4.87. The van der Waals surface area contributed by atoms with Gasteiger partial charge in [0, 0.05) is 23.8 Å². The van der Waals surface area contributed by atoms with Crippen LogP contribution in [0.2, 0.25) is 0 Å². The van der Waals surface area contributed by atoms with E-state index in [1.165, 1.54) is 6.08 Å². The van der Waals surface area contributed by atoms with Gasteiger partial charge in [0.25, 0.3) is 0 Å². The predicted octanol–water partition coefficient (Wildman–Crippen LogP) is 3.15. The molecule has 138 valence electrons. The summed E-state index contributed by atoms with van der Waals surface area (Å²) in [5, 5.41) is 4.73. The zero-order valence-electron chi connectivity index (χ0n) is 14.5. The molecule has 0 aliphatic rings. The second-order valence-electron chi connectivity index (χ2n) is 5.87. The van der Waals surface area contributed by atoms with Gasteiger partial charge in [-0.1, -0.05) is 48.5 Å². The lowest BCUT2D eigenvalue weighted by molar-refractivity contribution is -0.116. The van der Waals surface area contributed by atoms with Crippen molar-refractivity contribution in [3.05, 3.63) is 77.8 Å². The molecule has 0 radical (unpaired) electrons. The standard InChI is InChI=1S/C20H19N3O3S/c24-20(23-18-14-17-8-4-5-9-19(17)21-15-18)10-12-22-27(25,26)13-11-16-6-2-1-3-7-16/h1-9,11,13-15,22H,10,12H2,(H,23,24)/b13-11+. The highest BCUT2D eigenvalue weighted by atomic mass is 32.2. The number of rotatable bonds is 7. The Bertz CT molecular complexity index is 1060. The fourth-order valence-electron chi connectivity index (χ4n) is 2.45. The van der Waals surface area contributed by atoms with Crippen LogP contribution in [0.25, 0.3) is 17.0 Å². The maximum atomic E-state index is 12.0. The van der Waals surface area contributed by atoms with Gasteiger partial charge in [-0.2, -0.15) is 0 Å². The number of para-hydroxylation sites is 1. The van der Waals surface area contributed by atoms with Gasteiger partial charge < -0.3 is 5.32 Å². The molecule has 0 aliphatic heterocycles. The number of carbonyl (C=O) groups excluding carboxylic acids is 1. The van der Waals surface area contributed by atoms with Crippen molar-refractivity contribution in [3.8, 4) is 0 Å². The lowest BCUT2D eigenvalue weighted by atomic mass is 10.2. The molecular formula is C20H19N3O3S. The van der Waals surface area contributed by atoms with E-state index >= 15 is 0 Å². The van der Waals surface area contributed by atoms with Gasteiger partial charge in [-0.3, -0.25) is 9.78 Å². The van der Waals surface area contributed by atoms with Crippen molar-refractivity contribution in [1.82, 2.24) is 9.71 Å². The van der Waals surface area contributed by atoms with Gasteiger partial charge in [0.15, 0.2) is 0 Å². The molecule has 0 fully saturated rings. The van der Waals surface area contributed by atoms with Crippen molar-refractivity contribution in [2.75, 3.05) is 11.9 Å². The highest BCUT2D eigenvalue weighted by Crippen LogP contribution is 2.16. The van der Waals surface area contributed by atoms with Crippen molar-refractivity contribution in [3.63, 3.8) is 0 Å². The highest BCUT2D eigenvalue weighted by Gasteiger charge is 2.08. The molecule has 1 heterocycles. The van der Waals surface area contributed by atoms with E-state index in [4.69, 9.17) is 0 Å². The summed E-state index contributed by atoms with van der Waals surface area (Å²) in [5.41, 5.74) is 2.20. The van der Waals surface area contributed by atoms with Gasteiger partial charge in [-0.05, 0) is 23.8 Å². The predicted molar refractivity (Wildman–Crippen MR) is 107 cm³/mol. The first-order valence-corrected chi connectivity index (χ1v) is 9.94. The quantitative estimate of drug-likeness (QED) is 0.658. The molecule has 3 rings (SSSR count). The van der Waals surface area contributed by atoms with Crippen LogP contribution in [0.15, 0.2) is 72.3 Å². The Labute approximate surface area is 158 Å². The molecule has 0 saturated heterocycles. The number of benzene rings is 2. The summed E-state index contributed by atoms with van der Waals surface area (Å²) in [6.45, 7) is 0.00824. The van der Waals surface area contributed by atoms with E-state index in [0.717, 1.165) is 21.9 Å². The van der Waals surface area contributed by atoms with Gasteiger partial charge in [0.2, 0.25) is 15.9 Å². The number of nitrogens with zero attached hydrogens (tertiary/aromatic N) is 1. The van der Waals surface area contributed by atoms with Crippen LogP contribution in [0, 0.1) is 0 Å². The number of sulfonamides is 1. The fraction of sp³-hybridized carbons (Fsp3) is 0.100. The summed E-state index contributed by atoms with van der Waals surface area (Å²) >= 11 is 0. The Hall–Kier alpha value is -3.03. The molecule has 0 spiro atoms. The van der Waals surface area contributed by atoms with Gasteiger partial charge in [0.1, 0.15) is 0 Å². The topological polar surface area (TPSA) is 88.2 Å². The summed E-state index contributed by atoms with van der Waals surface area (Å²) in [7, 11) is -3.60. The highest BCUT2D eigenvalue weighted by molar-refractivity contribution is 7.92. The van der Waals surface area contributed by atoms with E-state index in [1.807, 2.05) is 48.5 Å². The Morgan fingerprint density at radius 3 is 2.59 bits per heavy atom. The number of pyridine rings is 1. The number of amides is 1. The van der Waals surface area contributed by atoms with E-state index in [1.54, 1.807) is 18.3 Å². The number of aromatic nitrogens is 1. The summed E-state index contributed by atoms with van der Waals surface area (Å²) in [6, 6.07) is 18.5. The summed E-state index contributed by atoms with van der Waals surface area (Å²) in [4.78, 5) is 16.3. The Morgan fingerprint density at radius 2 is 1.78 bits per heavy atom. The van der Waals surface area contributed by atoms with Crippen molar-refractivity contribution in [2.24, 2.45) is 0 Å². The lowest BCUT2D eigenvalue weighted by Crippen LogP contribution is -2.26. The minimum Gasteiger partial charge on any atom is -0.325 e. The number of hydrogen-bond acceptors (Lipinski definition) is 4. The second-order valence-corrected chi connectivity index (χ2v) is 7.52. The molecular weight excluding hydrogens is 362 g/mol. The van der Waals surface area contributed by atoms with Crippen LogP contribution in [0.3, 0.4) is 0 Å². The zero-order valence-corrected chi connectivity index (χ0v) is 15.3. The molecule has 1 aromatic heterocycles. The first kappa shape index (κ1) is 18.8. The number of hydrogen-bond donors (Lipinski definition) is 2. The van der Waals surface area contributed by atoms with Crippen molar-refractivity contribution in [2.45, 2.75) is 6.42 Å². The lowest BCUT2D eigenvalue weighted by Gasteiger charge is -2.06. The van der Waals surface area contributed by atoms with E-state index in [9.17, 15) is 13.2 Å². The maximum Gasteiger partial charge on any atom is 0.233 e. The van der Waals surface area contributed by atoms with E-state index in [-0.39, 0.29) is 18.9 Å². The first-order valence-electron chi connectivity index (χ1n) is 8.39. The Morgan fingerprint density at radius 1 is 1.04 bits per heavy atom. The average Bonchev–Trinajstić information content (AvgIpc) is 2.67. The van der Waals surface area contributed by atoms with Crippen LogP contribution < -0.4 is 10.0 Å². The largest absolute Gasteiger partial charge is 0.325 e. The maximum absolute atomic E-state index is 12.0. The van der Waals surface area contributed by atoms with E-state index in [0.29, 0.717) is 5.69 Å². The van der Waals surface area contributed by atoms with E-state index < -0.39 is 10.0 Å². The molecule has 0 bridgehead atoms. The SMILES string of the molecule is O=C(CCNS(=O)(=O)/C=C/c1ccccc1)Nc1cnc2ccccc2c1. The van der Waals surface area contributed by atoms with Crippen LogP contribution in [0.1, 0.15) is 12.0 Å². The third-order valence-electron chi connectivity index (χ3n) is 3.77. The molecule has 1 amide bonds. The van der Waals surface area contributed by atoms with Crippen molar-refractivity contribution >= 4 is 38.6 Å². The summed E-state index contributed by atoms with van der Waals surface area (Å²) in [5.74, 6) is -0.290. The van der Waals surface area contributed by atoms with Crippen molar-refractivity contribution < 1.29 is 13.2 Å². The Balaban J connectivity index is 1.50. The third kappa shape index (κ3) is 5.73. The minimum absolute atomic E-state index is 0.00824. The number of carbonyl (C=O) groups is 1. The monoisotopic (exact) mass is 381 g/mol. The van der Waals surface area contributed by atoms with Gasteiger partial charge in [-0.15, -0.1) is 0 Å². The normalized spacial score (nSPS) is 11.7. The summed E-state index contributed by atoms with van der Waals surface area (Å²) in [6.07, 6.45) is 3.10. The number of fused-ring (bicyclic) bond motifs is 1. The molecule has 2 aromatic carbocycles. The first-order chi connectivity index (χ1) is 13.0. The Kier molecular flexibility index (Phi) is 5.95. The molecule has 0 saturated carbocycles. The average molecular weight is 381 g/mol. The number of anilines is 1. The van der Waals surface area contributed by atoms with Gasteiger partial charge in [-0.25, -0.2) is 13.1 Å². The molecule has 6 nitrogen and oxygen atoms in total. The van der Waals surface area contributed by atoms with Gasteiger partial charge in [0.05, 0.1) is 17.4 Å². The number of nitrogens with one attached hydrogen (secondary N) is 2. The molecule has 3 aromatic rings. The minimum atomic E-state index is -3.60. The van der Waals surface area contributed by atoms with Crippen LogP contribution in [-0.2, 0) is 14.8 Å². The van der Waals surface area contributed by atoms with Gasteiger partial charge >= 0.3 is 0 Å². The molecule has 0 atom stereocenters.